The Balaban J connectivity index is 1.32. The van der Waals surface area contributed by atoms with E-state index in [9.17, 15) is 4.79 Å². The van der Waals surface area contributed by atoms with Gasteiger partial charge in [-0.25, -0.2) is 9.97 Å². The summed E-state index contributed by atoms with van der Waals surface area (Å²) in [5, 5.41) is 4.42. The van der Waals surface area contributed by atoms with Gasteiger partial charge in [0.2, 0.25) is 11.9 Å². The first kappa shape index (κ1) is 22.4. The Hall–Kier alpha value is -3.35. The van der Waals surface area contributed by atoms with E-state index in [-0.39, 0.29) is 5.91 Å². The number of anilines is 3. The summed E-state index contributed by atoms with van der Waals surface area (Å²) in [4.78, 5) is 25.7. The van der Waals surface area contributed by atoms with Crippen molar-refractivity contribution in [3.63, 3.8) is 0 Å². The van der Waals surface area contributed by atoms with E-state index in [0.29, 0.717) is 18.3 Å². The predicted octanol–water partition coefficient (Wildman–Crippen LogP) is 5.10. The van der Waals surface area contributed by atoms with E-state index in [2.05, 4.69) is 39.5 Å². The minimum Gasteiger partial charge on any atom is -0.496 e. The number of ether oxygens (including phenoxy) is 1. The first-order chi connectivity index (χ1) is 16.7. The standard InChI is InChI=1S/C27H33N5O2/c1-3-24(33)32-16-14-31(15-17-32)22-11-9-21(10-12-22)29-27-28-18-20-8-13-23(34-2)25(26(20)30-27)19-6-4-5-7-19/h8-13,18-19H,3-7,14-17H2,1-2H3,(H,28,29,30). The van der Waals surface area contributed by atoms with Crippen LogP contribution in [0.4, 0.5) is 17.3 Å². The quantitative estimate of drug-likeness (QED) is 0.553. The number of rotatable bonds is 6. The van der Waals surface area contributed by atoms with E-state index in [1.54, 1.807) is 7.11 Å². The van der Waals surface area contributed by atoms with Gasteiger partial charge < -0.3 is 19.9 Å². The second-order valence-corrected chi connectivity index (χ2v) is 9.19. The fraction of sp³-hybridized carbons (Fsp3) is 0.444. The zero-order valence-corrected chi connectivity index (χ0v) is 20.1. The highest BCUT2D eigenvalue weighted by Crippen LogP contribution is 2.42. The zero-order valence-electron chi connectivity index (χ0n) is 20.1. The van der Waals surface area contributed by atoms with E-state index in [0.717, 1.165) is 48.5 Å². The second-order valence-electron chi connectivity index (χ2n) is 9.19. The fourth-order valence-electron chi connectivity index (χ4n) is 5.27. The summed E-state index contributed by atoms with van der Waals surface area (Å²) in [6.07, 6.45) is 7.36. The predicted molar refractivity (Wildman–Crippen MR) is 136 cm³/mol. The molecule has 2 fully saturated rings. The molecule has 2 aromatic carbocycles. The van der Waals surface area contributed by atoms with Gasteiger partial charge in [-0.2, -0.15) is 0 Å². The molecule has 1 aliphatic carbocycles. The van der Waals surface area contributed by atoms with Crippen LogP contribution in [0.15, 0.2) is 42.6 Å². The van der Waals surface area contributed by atoms with Crippen molar-refractivity contribution in [3.8, 4) is 5.75 Å². The van der Waals surface area contributed by atoms with Crippen LogP contribution in [0.25, 0.3) is 10.9 Å². The van der Waals surface area contributed by atoms with Crippen LogP contribution in [-0.4, -0.2) is 54.1 Å². The summed E-state index contributed by atoms with van der Waals surface area (Å²) in [6, 6.07) is 12.5. The second kappa shape index (κ2) is 9.87. The fourth-order valence-corrected chi connectivity index (χ4v) is 5.27. The number of hydrogen-bond donors (Lipinski definition) is 1. The number of benzene rings is 2. The maximum Gasteiger partial charge on any atom is 0.227 e. The lowest BCUT2D eigenvalue weighted by atomic mass is 9.94. The highest BCUT2D eigenvalue weighted by Gasteiger charge is 2.24. The zero-order chi connectivity index (χ0) is 23.5. The summed E-state index contributed by atoms with van der Waals surface area (Å²) in [7, 11) is 1.74. The number of piperazine rings is 1. The van der Waals surface area contributed by atoms with Crippen LogP contribution in [-0.2, 0) is 4.79 Å². The van der Waals surface area contributed by atoms with Gasteiger partial charge in [-0.3, -0.25) is 4.79 Å². The van der Waals surface area contributed by atoms with E-state index in [1.165, 1.54) is 36.9 Å². The molecule has 0 spiro atoms. The summed E-state index contributed by atoms with van der Waals surface area (Å²) in [6.45, 7) is 5.21. The molecule has 178 valence electrons. The van der Waals surface area contributed by atoms with Gasteiger partial charge in [0, 0.05) is 61.1 Å². The molecule has 0 bridgehead atoms. The number of methoxy groups -OCH3 is 1. The molecule has 7 heteroatoms. The number of nitrogens with one attached hydrogen (secondary N) is 1. The lowest BCUT2D eigenvalue weighted by molar-refractivity contribution is -0.131. The molecule has 1 aliphatic heterocycles. The van der Waals surface area contributed by atoms with E-state index in [4.69, 9.17) is 9.72 Å². The molecule has 3 aromatic rings. The molecule has 1 aromatic heterocycles. The van der Waals surface area contributed by atoms with Gasteiger partial charge in [-0.1, -0.05) is 19.8 Å². The molecule has 0 unspecified atom stereocenters. The van der Waals surface area contributed by atoms with Crippen molar-refractivity contribution < 1.29 is 9.53 Å². The summed E-state index contributed by atoms with van der Waals surface area (Å²) < 4.78 is 5.71. The van der Waals surface area contributed by atoms with Gasteiger partial charge in [0.1, 0.15) is 5.75 Å². The van der Waals surface area contributed by atoms with Crippen molar-refractivity contribution in [2.45, 2.75) is 44.9 Å². The Morgan fingerprint density at radius 1 is 1.06 bits per heavy atom. The maximum absolute atomic E-state index is 11.9. The van der Waals surface area contributed by atoms with E-state index < -0.39 is 0 Å². The van der Waals surface area contributed by atoms with Crippen LogP contribution in [0, 0.1) is 0 Å². The Labute approximate surface area is 201 Å². The molecule has 5 rings (SSSR count). The molecule has 34 heavy (non-hydrogen) atoms. The average molecular weight is 460 g/mol. The minimum atomic E-state index is 0.239. The molecule has 0 atom stereocenters. The average Bonchev–Trinajstić information content (AvgIpc) is 3.42. The molecule has 2 aliphatic rings. The van der Waals surface area contributed by atoms with Gasteiger partial charge in [-0.15, -0.1) is 0 Å². The molecule has 1 saturated carbocycles. The molecule has 2 heterocycles. The normalized spacial score (nSPS) is 16.8. The van der Waals surface area contributed by atoms with Crippen molar-refractivity contribution >= 4 is 34.1 Å². The van der Waals surface area contributed by atoms with Gasteiger partial charge in [0.05, 0.1) is 12.6 Å². The van der Waals surface area contributed by atoms with Gasteiger partial charge in [0.25, 0.3) is 0 Å². The lowest BCUT2D eigenvalue weighted by Gasteiger charge is -2.36. The first-order valence-corrected chi connectivity index (χ1v) is 12.4. The molecular weight excluding hydrogens is 426 g/mol. The summed E-state index contributed by atoms with van der Waals surface area (Å²) >= 11 is 0. The number of carbonyl (C=O) groups is 1. The molecular formula is C27H33N5O2. The smallest absolute Gasteiger partial charge is 0.227 e. The Morgan fingerprint density at radius 2 is 1.79 bits per heavy atom. The third kappa shape index (κ3) is 4.52. The maximum atomic E-state index is 11.9. The number of hydrogen-bond acceptors (Lipinski definition) is 6. The topological polar surface area (TPSA) is 70.6 Å². The first-order valence-electron chi connectivity index (χ1n) is 12.4. The van der Waals surface area contributed by atoms with Gasteiger partial charge >= 0.3 is 0 Å². The lowest BCUT2D eigenvalue weighted by Crippen LogP contribution is -2.48. The van der Waals surface area contributed by atoms with E-state index >= 15 is 0 Å². The molecule has 7 nitrogen and oxygen atoms in total. The van der Waals surface area contributed by atoms with Crippen LogP contribution >= 0.6 is 0 Å². The largest absolute Gasteiger partial charge is 0.496 e. The van der Waals surface area contributed by atoms with Crippen LogP contribution in [0.5, 0.6) is 5.75 Å². The third-order valence-electron chi connectivity index (χ3n) is 7.16. The van der Waals surface area contributed by atoms with Crippen molar-refractivity contribution in [3.05, 3.63) is 48.2 Å². The Bertz CT molecular complexity index is 1150. The van der Waals surface area contributed by atoms with Crippen LogP contribution in [0.3, 0.4) is 0 Å². The van der Waals surface area contributed by atoms with Crippen LogP contribution < -0.4 is 15.0 Å². The number of nitrogens with zero attached hydrogens (tertiary/aromatic N) is 4. The van der Waals surface area contributed by atoms with Gasteiger partial charge in [-0.05, 0) is 55.2 Å². The molecule has 1 amide bonds. The van der Waals surface area contributed by atoms with Crippen LogP contribution in [0.2, 0.25) is 0 Å². The number of carbonyl (C=O) groups excluding carboxylic acids is 1. The monoisotopic (exact) mass is 459 g/mol. The Kier molecular flexibility index (Phi) is 6.52. The highest BCUT2D eigenvalue weighted by molar-refractivity contribution is 5.85. The number of amides is 1. The van der Waals surface area contributed by atoms with Crippen molar-refractivity contribution in [2.24, 2.45) is 0 Å². The SMILES string of the molecule is CCC(=O)N1CCN(c2ccc(Nc3ncc4ccc(OC)c(C5CCCC5)c4n3)cc2)CC1. The van der Waals surface area contributed by atoms with Crippen molar-refractivity contribution in [2.75, 3.05) is 43.5 Å². The van der Waals surface area contributed by atoms with Crippen molar-refractivity contribution in [1.29, 1.82) is 0 Å². The summed E-state index contributed by atoms with van der Waals surface area (Å²) in [5.74, 6) is 2.26. The Morgan fingerprint density at radius 3 is 2.47 bits per heavy atom. The molecule has 1 saturated heterocycles. The van der Waals surface area contributed by atoms with E-state index in [1.807, 2.05) is 30.2 Å². The van der Waals surface area contributed by atoms with Crippen LogP contribution in [0.1, 0.15) is 50.5 Å². The minimum absolute atomic E-state index is 0.239. The van der Waals surface area contributed by atoms with Crippen molar-refractivity contribution in [1.82, 2.24) is 14.9 Å². The molecule has 1 N–H and O–H groups in total. The number of aromatic nitrogens is 2. The molecule has 0 radical (unpaired) electrons. The van der Waals surface area contributed by atoms with Gasteiger partial charge in [0.15, 0.2) is 0 Å². The summed E-state index contributed by atoms with van der Waals surface area (Å²) in [5.41, 5.74) is 4.33. The number of fused-ring (bicyclic) bond motifs is 1. The highest BCUT2D eigenvalue weighted by atomic mass is 16.5. The third-order valence-corrected chi connectivity index (χ3v) is 7.16.